The Labute approximate surface area is 97.9 Å². The van der Waals surface area contributed by atoms with Gasteiger partial charge in [0.15, 0.2) is 0 Å². The normalized spacial score (nSPS) is 9.44. The molecule has 0 aliphatic rings. The summed E-state index contributed by atoms with van der Waals surface area (Å²) in [7, 11) is 1.39. The van der Waals surface area contributed by atoms with E-state index in [1.54, 1.807) is 6.20 Å². The Morgan fingerprint density at radius 1 is 1.38 bits per heavy atom. The van der Waals surface area contributed by atoms with Crippen molar-refractivity contribution in [2.45, 2.75) is 40.5 Å². The van der Waals surface area contributed by atoms with Gasteiger partial charge >= 0.3 is 5.97 Å². The first-order chi connectivity index (χ1) is 7.57. The maximum atomic E-state index is 11.5. The van der Waals surface area contributed by atoms with Crippen molar-refractivity contribution < 1.29 is 9.53 Å². The van der Waals surface area contributed by atoms with Crippen molar-refractivity contribution >= 4 is 5.97 Å². The van der Waals surface area contributed by atoms with Gasteiger partial charge in [-0.15, -0.1) is 0 Å². The number of aromatic nitrogens is 1. The van der Waals surface area contributed by atoms with Crippen LogP contribution in [0.15, 0.2) is 12.3 Å². The number of carbonyl (C=O) groups is 1. The highest BCUT2D eigenvalue weighted by Gasteiger charge is 2.17. The Hall–Kier alpha value is -1.38. The molecule has 0 unspecified atom stereocenters. The molecule has 0 saturated heterocycles. The van der Waals surface area contributed by atoms with Crippen LogP contribution in [0.5, 0.6) is 0 Å². The number of carbonyl (C=O) groups excluding carboxylic acids is 1. The Morgan fingerprint density at radius 2 is 1.94 bits per heavy atom. The zero-order valence-electron chi connectivity index (χ0n) is 11.0. The number of pyridine rings is 1. The van der Waals surface area contributed by atoms with E-state index >= 15 is 0 Å². The molecule has 0 radical (unpaired) electrons. The van der Waals surface area contributed by atoms with Gasteiger partial charge in [-0.1, -0.05) is 27.7 Å². The van der Waals surface area contributed by atoms with Gasteiger partial charge in [0, 0.05) is 6.20 Å². The molecule has 0 atom stereocenters. The fourth-order valence-electron chi connectivity index (χ4n) is 1.43. The molecule has 0 aliphatic heterocycles. The van der Waals surface area contributed by atoms with Crippen LogP contribution in [0.3, 0.4) is 0 Å². The van der Waals surface area contributed by atoms with Crippen molar-refractivity contribution in [2.24, 2.45) is 0 Å². The summed E-state index contributed by atoms with van der Waals surface area (Å²) in [5.41, 5.74) is 2.32. The third kappa shape index (κ3) is 3.33. The Morgan fingerprint density at radius 3 is 2.38 bits per heavy atom. The molecule has 0 aromatic carbocycles. The average Bonchev–Trinajstić information content (AvgIpc) is 2.30. The average molecular weight is 223 g/mol. The summed E-state index contributed by atoms with van der Waals surface area (Å²) in [5, 5.41) is 0. The van der Waals surface area contributed by atoms with E-state index < -0.39 is 0 Å². The van der Waals surface area contributed by atoms with E-state index in [4.69, 9.17) is 4.74 Å². The van der Waals surface area contributed by atoms with Crippen molar-refractivity contribution in [1.82, 2.24) is 4.98 Å². The number of methoxy groups -OCH3 is 1. The fraction of sp³-hybridized carbons (Fsp3) is 0.538. The second-order valence-corrected chi connectivity index (χ2v) is 3.51. The number of hydrogen-bond acceptors (Lipinski definition) is 3. The van der Waals surface area contributed by atoms with E-state index in [9.17, 15) is 4.79 Å². The predicted molar refractivity (Wildman–Crippen MR) is 65.8 cm³/mol. The summed E-state index contributed by atoms with van der Waals surface area (Å²) in [6.07, 6.45) is 1.72. The first-order valence-corrected chi connectivity index (χ1v) is 5.61. The SMILES string of the molecule is CC.COC(=O)c1c(C(C)C)ccnc1C. The molecule has 1 rings (SSSR count). The Balaban J connectivity index is 0.00000106. The highest BCUT2D eigenvalue weighted by atomic mass is 16.5. The van der Waals surface area contributed by atoms with E-state index in [0.29, 0.717) is 11.5 Å². The van der Waals surface area contributed by atoms with E-state index in [1.165, 1.54) is 7.11 Å². The molecule has 1 aromatic rings. The molecule has 16 heavy (non-hydrogen) atoms. The molecule has 1 heterocycles. The molecule has 90 valence electrons. The molecule has 0 bridgehead atoms. The van der Waals surface area contributed by atoms with Crippen LogP contribution >= 0.6 is 0 Å². The van der Waals surface area contributed by atoms with Gasteiger partial charge in [-0.3, -0.25) is 4.98 Å². The molecule has 1 aromatic heterocycles. The first-order valence-electron chi connectivity index (χ1n) is 5.61. The summed E-state index contributed by atoms with van der Waals surface area (Å²) in [6, 6.07) is 1.86. The number of ether oxygens (including phenoxy) is 1. The zero-order chi connectivity index (χ0) is 12.7. The van der Waals surface area contributed by atoms with Crippen molar-refractivity contribution in [1.29, 1.82) is 0 Å². The van der Waals surface area contributed by atoms with Gasteiger partial charge in [-0.2, -0.15) is 0 Å². The monoisotopic (exact) mass is 223 g/mol. The minimum Gasteiger partial charge on any atom is -0.465 e. The van der Waals surface area contributed by atoms with Gasteiger partial charge in [0.2, 0.25) is 0 Å². The van der Waals surface area contributed by atoms with Crippen molar-refractivity contribution in [3.05, 3.63) is 29.1 Å². The minimum absolute atomic E-state index is 0.297. The van der Waals surface area contributed by atoms with Gasteiger partial charge in [-0.25, -0.2) is 4.79 Å². The third-order valence-electron chi connectivity index (χ3n) is 2.18. The lowest BCUT2D eigenvalue weighted by molar-refractivity contribution is 0.0597. The van der Waals surface area contributed by atoms with Gasteiger partial charge < -0.3 is 4.74 Å². The van der Waals surface area contributed by atoms with Crippen LogP contribution in [0.25, 0.3) is 0 Å². The summed E-state index contributed by atoms with van der Waals surface area (Å²) in [6.45, 7) is 9.90. The quantitative estimate of drug-likeness (QED) is 0.722. The number of nitrogens with zero attached hydrogens (tertiary/aromatic N) is 1. The second kappa shape index (κ2) is 6.99. The standard InChI is InChI=1S/C11H15NO2.C2H6/c1-7(2)9-5-6-12-8(3)10(9)11(13)14-4;1-2/h5-7H,1-4H3;1-2H3. The number of rotatable bonds is 2. The molecule has 0 amide bonds. The molecule has 0 spiro atoms. The maximum Gasteiger partial charge on any atom is 0.339 e. The number of aryl methyl sites for hydroxylation is 1. The molecular weight excluding hydrogens is 202 g/mol. The Bertz CT molecular complexity index is 346. The smallest absolute Gasteiger partial charge is 0.339 e. The lowest BCUT2D eigenvalue weighted by atomic mass is 9.97. The molecular formula is C13H21NO2. The molecule has 3 nitrogen and oxygen atoms in total. The van der Waals surface area contributed by atoms with Crippen molar-refractivity contribution in [2.75, 3.05) is 7.11 Å². The van der Waals surface area contributed by atoms with E-state index in [-0.39, 0.29) is 5.97 Å². The molecule has 0 aliphatic carbocycles. The van der Waals surface area contributed by atoms with Crippen molar-refractivity contribution in [3.8, 4) is 0 Å². The third-order valence-corrected chi connectivity index (χ3v) is 2.18. The highest BCUT2D eigenvalue weighted by Crippen LogP contribution is 2.21. The van der Waals surface area contributed by atoms with Crippen LogP contribution in [0.1, 0.15) is 55.2 Å². The van der Waals surface area contributed by atoms with E-state index in [1.807, 2.05) is 40.7 Å². The molecule has 0 N–H and O–H groups in total. The minimum atomic E-state index is -0.306. The lowest BCUT2D eigenvalue weighted by Crippen LogP contribution is -2.10. The van der Waals surface area contributed by atoms with Gasteiger partial charge in [0.05, 0.1) is 18.4 Å². The molecule has 3 heteroatoms. The molecule has 0 fully saturated rings. The van der Waals surface area contributed by atoms with Crippen LogP contribution in [0, 0.1) is 6.92 Å². The van der Waals surface area contributed by atoms with Crippen LogP contribution in [-0.2, 0) is 4.74 Å². The second-order valence-electron chi connectivity index (χ2n) is 3.51. The lowest BCUT2D eigenvalue weighted by Gasteiger charge is -2.12. The zero-order valence-corrected chi connectivity index (χ0v) is 11.0. The Kier molecular flexibility index (Phi) is 6.38. The van der Waals surface area contributed by atoms with Crippen LogP contribution in [0.2, 0.25) is 0 Å². The summed E-state index contributed by atoms with van der Waals surface area (Å²) in [4.78, 5) is 15.6. The highest BCUT2D eigenvalue weighted by molar-refractivity contribution is 5.92. The first kappa shape index (κ1) is 14.6. The van der Waals surface area contributed by atoms with E-state index in [0.717, 1.165) is 11.3 Å². The topological polar surface area (TPSA) is 39.2 Å². The van der Waals surface area contributed by atoms with Crippen LogP contribution in [-0.4, -0.2) is 18.1 Å². The predicted octanol–water partition coefficient (Wildman–Crippen LogP) is 3.33. The number of esters is 1. The number of hydrogen-bond donors (Lipinski definition) is 0. The van der Waals surface area contributed by atoms with Gasteiger partial charge in [0.1, 0.15) is 0 Å². The fourth-order valence-corrected chi connectivity index (χ4v) is 1.43. The molecule has 0 saturated carbocycles. The summed E-state index contributed by atoms with van der Waals surface area (Å²) >= 11 is 0. The van der Waals surface area contributed by atoms with Crippen LogP contribution < -0.4 is 0 Å². The van der Waals surface area contributed by atoms with Gasteiger partial charge in [0.25, 0.3) is 0 Å². The van der Waals surface area contributed by atoms with Crippen molar-refractivity contribution in [3.63, 3.8) is 0 Å². The summed E-state index contributed by atoms with van der Waals surface area (Å²) in [5.74, 6) is -0.00917. The summed E-state index contributed by atoms with van der Waals surface area (Å²) < 4.78 is 4.73. The van der Waals surface area contributed by atoms with Gasteiger partial charge in [-0.05, 0) is 24.5 Å². The largest absolute Gasteiger partial charge is 0.465 e. The maximum absolute atomic E-state index is 11.5. The van der Waals surface area contributed by atoms with E-state index in [2.05, 4.69) is 4.98 Å². The van der Waals surface area contributed by atoms with Crippen LogP contribution in [0.4, 0.5) is 0 Å².